The van der Waals surface area contributed by atoms with Crippen LogP contribution < -0.4 is 0 Å². The van der Waals surface area contributed by atoms with E-state index in [1.807, 2.05) is 70.3 Å². The smallest absolute Gasteiger partial charge is 0.264 e. The fraction of sp³-hybridized carbons (Fsp3) is 0.304. The number of hydrogen-bond acceptors (Lipinski definition) is 4. The molecule has 2 amide bonds. The van der Waals surface area contributed by atoms with Crippen LogP contribution in [0.3, 0.4) is 0 Å². The number of rotatable bonds is 9. The van der Waals surface area contributed by atoms with Crippen molar-refractivity contribution in [1.82, 2.24) is 9.80 Å². The van der Waals surface area contributed by atoms with Crippen LogP contribution in [0.25, 0.3) is 0 Å². The maximum Gasteiger partial charge on any atom is 0.264 e. The predicted octanol–water partition coefficient (Wildman–Crippen LogP) is 5.14. The molecule has 4 nitrogen and oxygen atoms in total. The second-order valence-corrected chi connectivity index (χ2v) is 9.35. The molecule has 0 saturated heterocycles. The second kappa shape index (κ2) is 10.4. The Morgan fingerprint density at radius 3 is 2.21 bits per heavy atom. The molecule has 152 valence electrons. The average molecular weight is 427 g/mol. The highest BCUT2D eigenvalue weighted by molar-refractivity contribution is 7.12. The molecule has 0 radical (unpaired) electrons. The maximum atomic E-state index is 13.3. The molecule has 2 heterocycles. The van der Waals surface area contributed by atoms with Gasteiger partial charge in [-0.1, -0.05) is 56.3 Å². The van der Waals surface area contributed by atoms with Crippen molar-refractivity contribution in [3.8, 4) is 0 Å². The minimum absolute atomic E-state index is 0.0344. The number of amides is 2. The summed E-state index contributed by atoms with van der Waals surface area (Å²) < 4.78 is 0. The van der Waals surface area contributed by atoms with Gasteiger partial charge in [-0.3, -0.25) is 9.59 Å². The largest absolute Gasteiger partial charge is 0.332 e. The monoisotopic (exact) mass is 426 g/mol. The number of benzene rings is 1. The zero-order valence-corrected chi connectivity index (χ0v) is 18.4. The topological polar surface area (TPSA) is 40.6 Å². The molecule has 0 atom stereocenters. The van der Waals surface area contributed by atoms with Gasteiger partial charge in [-0.05, 0) is 34.4 Å². The van der Waals surface area contributed by atoms with Crippen molar-refractivity contribution < 1.29 is 9.59 Å². The van der Waals surface area contributed by atoms with Gasteiger partial charge in [0.05, 0.1) is 11.4 Å². The summed E-state index contributed by atoms with van der Waals surface area (Å²) in [4.78, 5) is 31.6. The van der Waals surface area contributed by atoms with E-state index in [1.54, 1.807) is 16.2 Å². The van der Waals surface area contributed by atoms with Gasteiger partial charge in [0.1, 0.15) is 6.54 Å². The molecule has 0 unspecified atom stereocenters. The van der Waals surface area contributed by atoms with Crippen molar-refractivity contribution in [2.24, 2.45) is 5.92 Å². The standard InChI is InChI=1S/C23H26N2O2S2/c1-18(2)14-25(23(27)21-11-7-13-29-21)17-22(26)24(16-20-10-6-12-28-20)15-19-8-4-3-5-9-19/h3-13,18H,14-17H2,1-2H3. The summed E-state index contributed by atoms with van der Waals surface area (Å²) in [6.45, 7) is 5.85. The third kappa shape index (κ3) is 6.27. The minimum atomic E-state index is -0.0714. The first-order chi connectivity index (χ1) is 14.0. The van der Waals surface area contributed by atoms with Gasteiger partial charge >= 0.3 is 0 Å². The number of hydrogen-bond donors (Lipinski definition) is 0. The normalized spacial score (nSPS) is 10.9. The fourth-order valence-electron chi connectivity index (χ4n) is 3.11. The summed E-state index contributed by atoms with van der Waals surface area (Å²) in [5.74, 6) is 0.178. The molecule has 0 saturated carbocycles. The summed E-state index contributed by atoms with van der Waals surface area (Å²) in [6.07, 6.45) is 0. The molecular weight excluding hydrogens is 400 g/mol. The molecule has 29 heavy (non-hydrogen) atoms. The van der Waals surface area contributed by atoms with Gasteiger partial charge in [0, 0.05) is 18.0 Å². The predicted molar refractivity (Wildman–Crippen MR) is 120 cm³/mol. The zero-order valence-electron chi connectivity index (χ0n) is 16.8. The highest BCUT2D eigenvalue weighted by Gasteiger charge is 2.24. The van der Waals surface area contributed by atoms with Crippen molar-refractivity contribution >= 4 is 34.5 Å². The quantitative estimate of drug-likeness (QED) is 0.475. The molecule has 1 aromatic carbocycles. The first-order valence-corrected chi connectivity index (χ1v) is 11.5. The average Bonchev–Trinajstić information content (AvgIpc) is 3.41. The molecule has 0 fully saturated rings. The van der Waals surface area contributed by atoms with Crippen LogP contribution in [0.1, 0.15) is 34.0 Å². The van der Waals surface area contributed by atoms with Crippen molar-refractivity contribution in [3.05, 3.63) is 80.7 Å². The van der Waals surface area contributed by atoms with E-state index in [0.717, 1.165) is 10.4 Å². The lowest BCUT2D eigenvalue weighted by Crippen LogP contribution is -2.43. The number of thiophene rings is 2. The van der Waals surface area contributed by atoms with Crippen molar-refractivity contribution in [1.29, 1.82) is 0 Å². The van der Waals surface area contributed by atoms with Crippen LogP contribution in [-0.2, 0) is 17.9 Å². The lowest BCUT2D eigenvalue weighted by atomic mass is 10.2. The maximum absolute atomic E-state index is 13.3. The van der Waals surface area contributed by atoms with E-state index < -0.39 is 0 Å². The van der Waals surface area contributed by atoms with E-state index >= 15 is 0 Å². The highest BCUT2D eigenvalue weighted by Crippen LogP contribution is 2.17. The van der Waals surface area contributed by atoms with Gasteiger partial charge in [0.25, 0.3) is 5.91 Å². The van der Waals surface area contributed by atoms with Crippen molar-refractivity contribution in [3.63, 3.8) is 0 Å². The Balaban J connectivity index is 1.77. The molecule has 2 aromatic heterocycles. The van der Waals surface area contributed by atoms with E-state index in [9.17, 15) is 9.59 Å². The first-order valence-electron chi connectivity index (χ1n) is 9.70. The number of carbonyl (C=O) groups excluding carboxylic acids is 2. The first kappa shape index (κ1) is 21.3. The van der Waals surface area contributed by atoms with E-state index in [4.69, 9.17) is 0 Å². The Kier molecular flexibility index (Phi) is 7.61. The summed E-state index contributed by atoms with van der Waals surface area (Å²) in [5, 5.41) is 3.91. The molecule has 0 N–H and O–H groups in total. The van der Waals surface area contributed by atoms with Crippen molar-refractivity contribution in [2.75, 3.05) is 13.1 Å². The van der Waals surface area contributed by atoms with Gasteiger partial charge in [-0.15, -0.1) is 22.7 Å². The van der Waals surface area contributed by atoms with E-state index in [0.29, 0.717) is 24.5 Å². The molecule has 6 heteroatoms. The van der Waals surface area contributed by atoms with Gasteiger partial charge in [-0.2, -0.15) is 0 Å². The fourth-order valence-corrected chi connectivity index (χ4v) is 4.52. The SMILES string of the molecule is CC(C)CN(CC(=O)N(Cc1ccccc1)Cc1cccs1)C(=O)c1cccs1. The Labute approximate surface area is 180 Å². The number of carbonyl (C=O) groups is 2. The van der Waals surface area contributed by atoms with Gasteiger partial charge < -0.3 is 9.80 Å². The molecule has 0 bridgehead atoms. The second-order valence-electron chi connectivity index (χ2n) is 7.37. The Morgan fingerprint density at radius 1 is 0.862 bits per heavy atom. The Bertz CT molecular complexity index is 890. The summed E-state index contributed by atoms with van der Waals surface area (Å²) in [5.41, 5.74) is 1.08. The zero-order chi connectivity index (χ0) is 20.6. The molecule has 0 aliphatic carbocycles. The third-order valence-electron chi connectivity index (χ3n) is 4.43. The minimum Gasteiger partial charge on any atom is -0.332 e. The van der Waals surface area contributed by atoms with E-state index in [2.05, 4.69) is 13.8 Å². The summed E-state index contributed by atoms with van der Waals surface area (Å²) >= 11 is 3.05. The highest BCUT2D eigenvalue weighted by atomic mass is 32.1. The molecular formula is C23H26N2O2S2. The molecule has 0 spiro atoms. The lowest BCUT2D eigenvalue weighted by molar-refractivity contribution is -0.133. The van der Waals surface area contributed by atoms with Crippen LogP contribution >= 0.6 is 22.7 Å². The summed E-state index contributed by atoms with van der Waals surface area (Å²) in [7, 11) is 0. The van der Waals surface area contributed by atoms with Crippen LogP contribution in [0.5, 0.6) is 0 Å². The third-order valence-corrected chi connectivity index (χ3v) is 6.15. The Morgan fingerprint density at radius 2 is 1.59 bits per heavy atom. The van der Waals surface area contributed by atoms with Gasteiger partial charge in [0.2, 0.25) is 5.91 Å². The van der Waals surface area contributed by atoms with Crippen LogP contribution in [0.4, 0.5) is 0 Å². The van der Waals surface area contributed by atoms with Crippen LogP contribution in [0, 0.1) is 5.92 Å². The van der Waals surface area contributed by atoms with Gasteiger partial charge in [-0.25, -0.2) is 0 Å². The van der Waals surface area contributed by atoms with Crippen LogP contribution in [0.15, 0.2) is 65.4 Å². The number of nitrogens with zero attached hydrogens (tertiary/aromatic N) is 2. The van der Waals surface area contributed by atoms with Crippen molar-refractivity contribution in [2.45, 2.75) is 26.9 Å². The Hall–Kier alpha value is -2.44. The van der Waals surface area contributed by atoms with Crippen LogP contribution in [-0.4, -0.2) is 34.7 Å². The van der Waals surface area contributed by atoms with Gasteiger partial charge in [0.15, 0.2) is 0 Å². The van der Waals surface area contributed by atoms with E-state index in [-0.39, 0.29) is 24.3 Å². The van der Waals surface area contributed by atoms with Crippen LogP contribution in [0.2, 0.25) is 0 Å². The lowest BCUT2D eigenvalue weighted by Gasteiger charge is -2.28. The molecule has 0 aliphatic heterocycles. The molecule has 3 rings (SSSR count). The molecule has 0 aliphatic rings. The molecule has 3 aromatic rings. The van der Waals surface area contributed by atoms with E-state index in [1.165, 1.54) is 11.3 Å². The summed E-state index contributed by atoms with van der Waals surface area (Å²) in [6, 6.07) is 17.7.